The molecule has 1 fully saturated rings. The van der Waals surface area contributed by atoms with Gasteiger partial charge in [0.25, 0.3) is 10.0 Å². The number of piperidine rings is 1. The molecule has 2 aliphatic heterocycles. The summed E-state index contributed by atoms with van der Waals surface area (Å²) in [4.78, 5) is 28.7. The van der Waals surface area contributed by atoms with E-state index in [0.717, 1.165) is 6.42 Å². The van der Waals surface area contributed by atoms with E-state index in [2.05, 4.69) is 4.40 Å². The Hall–Kier alpha value is -2.42. The van der Waals surface area contributed by atoms with E-state index in [4.69, 9.17) is 4.74 Å². The topological polar surface area (TPSA) is 96.3 Å². The number of benzene rings is 1. The van der Waals surface area contributed by atoms with Gasteiger partial charge in [0.05, 0.1) is 12.5 Å². The highest BCUT2D eigenvalue weighted by Crippen LogP contribution is 2.30. The van der Waals surface area contributed by atoms with Gasteiger partial charge in [-0.25, -0.2) is 0 Å². The molecular weight excluding hydrogens is 394 g/mol. The quantitative estimate of drug-likeness (QED) is 0.671. The summed E-state index contributed by atoms with van der Waals surface area (Å²) in [5, 5.41) is 0. The third-order valence-electron chi connectivity index (χ3n) is 5.19. The number of hydrogen-bond donors (Lipinski definition) is 0. The van der Waals surface area contributed by atoms with Crippen molar-refractivity contribution in [3.05, 3.63) is 29.8 Å². The van der Waals surface area contributed by atoms with Crippen LogP contribution in [0.3, 0.4) is 0 Å². The lowest BCUT2D eigenvalue weighted by atomic mass is 9.95. The Morgan fingerprint density at radius 1 is 1.31 bits per heavy atom. The number of amides is 1. The number of rotatable bonds is 5. The number of sulfonamides is 1. The predicted octanol–water partition coefficient (Wildman–Crippen LogP) is 1.65. The lowest BCUT2D eigenvalue weighted by Crippen LogP contribution is -2.50. The predicted molar refractivity (Wildman–Crippen MR) is 108 cm³/mol. The molecule has 29 heavy (non-hydrogen) atoms. The molecule has 1 saturated heterocycles. The minimum absolute atomic E-state index is 0.0843. The van der Waals surface area contributed by atoms with Crippen LogP contribution in [0.1, 0.15) is 39.2 Å². The third-order valence-corrected chi connectivity index (χ3v) is 6.52. The molecule has 1 atom stereocenters. The fourth-order valence-electron chi connectivity index (χ4n) is 3.78. The van der Waals surface area contributed by atoms with Crippen LogP contribution in [0.25, 0.3) is 0 Å². The van der Waals surface area contributed by atoms with Crippen LogP contribution in [0.5, 0.6) is 0 Å². The van der Waals surface area contributed by atoms with Gasteiger partial charge in [-0.1, -0.05) is 12.1 Å². The monoisotopic (exact) mass is 421 g/mol. The van der Waals surface area contributed by atoms with Gasteiger partial charge in [0.1, 0.15) is 11.4 Å². The maximum atomic E-state index is 13.1. The average molecular weight is 422 g/mol. The highest BCUT2D eigenvalue weighted by molar-refractivity contribution is 7.90. The molecule has 1 unspecified atom stereocenters. The molecule has 8 nitrogen and oxygen atoms in total. The lowest BCUT2D eigenvalue weighted by Gasteiger charge is -2.37. The Labute approximate surface area is 171 Å². The number of nitrogens with zero attached hydrogens (tertiary/aromatic N) is 3. The van der Waals surface area contributed by atoms with Crippen molar-refractivity contribution in [1.29, 1.82) is 0 Å². The smallest absolute Gasteiger partial charge is 0.325 e. The van der Waals surface area contributed by atoms with Gasteiger partial charge >= 0.3 is 5.97 Å². The van der Waals surface area contributed by atoms with Crippen molar-refractivity contribution in [2.45, 2.75) is 44.6 Å². The van der Waals surface area contributed by atoms with Crippen LogP contribution in [-0.4, -0.2) is 68.2 Å². The molecule has 1 aromatic rings. The van der Waals surface area contributed by atoms with Crippen molar-refractivity contribution < 1.29 is 22.7 Å². The first kappa shape index (κ1) is 21.3. The van der Waals surface area contributed by atoms with Crippen LogP contribution in [-0.2, 0) is 24.3 Å². The maximum Gasteiger partial charge on any atom is 0.325 e. The standard InChI is InChI=1S/C20H27N3O5S/c1-4-28-18(24)13-23(14(2)3)20(25)15-8-7-11-22(12-15)19-16-9-5-6-10-17(16)29(26,27)21-19/h5-6,9-10,14-15H,4,7-8,11-13H2,1-3H3. The Balaban J connectivity index is 1.79. The summed E-state index contributed by atoms with van der Waals surface area (Å²) in [6.07, 6.45) is 1.42. The summed E-state index contributed by atoms with van der Waals surface area (Å²) in [6, 6.07) is 6.60. The second kappa shape index (κ2) is 8.52. The van der Waals surface area contributed by atoms with E-state index in [1.54, 1.807) is 31.2 Å². The lowest BCUT2D eigenvalue weighted by molar-refractivity contribution is -0.152. The van der Waals surface area contributed by atoms with Crippen LogP contribution in [0.15, 0.2) is 33.6 Å². The summed E-state index contributed by atoms with van der Waals surface area (Å²) in [7, 11) is -3.70. The molecule has 3 rings (SSSR count). The van der Waals surface area contributed by atoms with Crippen molar-refractivity contribution >= 4 is 27.7 Å². The van der Waals surface area contributed by atoms with E-state index in [1.165, 1.54) is 4.90 Å². The first-order chi connectivity index (χ1) is 13.7. The number of likely N-dealkylation sites (tertiary alicyclic amines) is 1. The Bertz CT molecular complexity index is 926. The maximum absolute atomic E-state index is 13.1. The van der Waals surface area contributed by atoms with E-state index in [0.29, 0.717) is 30.9 Å². The number of esters is 1. The van der Waals surface area contributed by atoms with Gasteiger partial charge in [0, 0.05) is 24.7 Å². The van der Waals surface area contributed by atoms with E-state index in [1.807, 2.05) is 18.7 Å². The zero-order valence-corrected chi connectivity index (χ0v) is 17.8. The summed E-state index contributed by atoms with van der Waals surface area (Å²) in [5.41, 5.74) is 0.577. The fourth-order valence-corrected chi connectivity index (χ4v) is 5.01. The number of carbonyl (C=O) groups is 2. The van der Waals surface area contributed by atoms with Crippen LogP contribution in [0.2, 0.25) is 0 Å². The molecule has 2 heterocycles. The molecule has 0 spiro atoms. The highest BCUT2D eigenvalue weighted by atomic mass is 32.2. The van der Waals surface area contributed by atoms with Crippen molar-refractivity contribution in [3.63, 3.8) is 0 Å². The molecule has 0 N–H and O–H groups in total. The average Bonchev–Trinajstić information content (AvgIpc) is 2.97. The zero-order chi connectivity index (χ0) is 21.2. The second-order valence-electron chi connectivity index (χ2n) is 7.54. The zero-order valence-electron chi connectivity index (χ0n) is 17.0. The van der Waals surface area contributed by atoms with Crippen LogP contribution >= 0.6 is 0 Å². The van der Waals surface area contributed by atoms with E-state index < -0.39 is 16.0 Å². The van der Waals surface area contributed by atoms with E-state index in [9.17, 15) is 18.0 Å². The molecular formula is C20H27N3O5S. The molecule has 0 saturated carbocycles. The molecule has 0 aromatic heterocycles. The van der Waals surface area contributed by atoms with E-state index in [-0.39, 0.29) is 35.9 Å². The minimum Gasteiger partial charge on any atom is -0.465 e. The number of amidine groups is 1. The van der Waals surface area contributed by atoms with Crippen molar-refractivity contribution in [3.8, 4) is 0 Å². The van der Waals surface area contributed by atoms with Crippen LogP contribution in [0, 0.1) is 5.92 Å². The molecule has 0 radical (unpaired) electrons. The van der Waals surface area contributed by atoms with E-state index >= 15 is 0 Å². The first-order valence-electron chi connectivity index (χ1n) is 9.90. The molecule has 0 aliphatic carbocycles. The molecule has 158 valence electrons. The number of hydrogen-bond acceptors (Lipinski definition) is 6. The summed E-state index contributed by atoms with van der Waals surface area (Å²) in [5.74, 6) is -0.478. The normalized spacial score (nSPS) is 20.2. The Morgan fingerprint density at radius 2 is 2.03 bits per heavy atom. The molecule has 0 bridgehead atoms. The number of carbonyl (C=O) groups excluding carboxylic acids is 2. The largest absolute Gasteiger partial charge is 0.465 e. The first-order valence-corrected chi connectivity index (χ1v) is 11.3. The van der Waals surface area contributed by atoms with Crippen molar-refractivity contribution in [1.82, 2.24) is 9.80 Å². The summed E-state index contributed by atoms with van der Waals surface area (Å²) in [6.45, 7) is 6.64. The molecule has 1 amide bonds. The van der Waals surface area contributed by atoms with Gasteiger partial charge in [0.2, 0.25) is 5.91 Å². The molecule has 1 aromatic carbocycles. The summed E-state index contributed by atoms with van der Waals surface area (Å²) < 4.78 is 33.7. The number of ether oxygens (including phenoxy) is 1. The van der Waals surface area contributed by atoms with Crippen LogP contribution < -0.4 is 0 Å². The second-order valence-corrected chi connectivity index (χ2v) is 9.11. The number of fused-ring (bicyclic) bond motifs is 1. The Kier molecular flexibility index (Phi) is 6.26. The van der Waals surface area contributed by atoms with Crippen LogP contribution in [0.4, 0.5) is 0 Å². The summed E-state index contributed by atoms with van der Waals surface area (Å²) >= 11 is 0. The minimum atomic E-state index is -3.70. The van der Waals surface area contributed by atoms with Gasteiger partial charge in [-0.2, -0.15) is 8.42 Å². The van der Waals surface area contributed by atoms with Gasteiger partial charge in [-0.05, 0) is 45.7 Å². The van der Waals surface area contributed by atoms with Gasteiger partial charge in [-0.3, -0.25) is 9.59 Å². The van der Waals surface area contributed by atoms with Gasteiger partial charge in [0.15, 0.2) is 5.84 Å². The van der Waals surface area contributed by atoms with Crippen molar-refractivity contribution in [2.75, 3.05) is 26.2 Å². The van der Waals surface area contributed by atoms with Gasteiger partial charge < -0.3 is 14.5 Å². The highest BCUT2D eigenvalue weighted by Gasteiger charge is 2.37. The SMILES string of the molecule is CCOC(=O)CN(C(=O)C1CCCN(C2=NS(=O)(=O)c3ccccc32)C1)C(C)C. The van der Waals surface area contributed by atoms with Gasteiger partial charge in [-0.15, -0.1) is 4.40 Å². The molecule has 9 heteroatoms. The molecule has 2 aliphatic rings. The Morgan fingerprint density at radius 3 is 2.72 bits per heavy atom. The van der Waals surface area contributed by atoms with Crippen molar-refractivity contribution in [2.24, 2.45) is 10.3 Å². The third kappa shape index (κ3) is 4.44. The fraction of sp³-hybridized carbons (Fsp3) is 0.550.